The number of aromatic hydroxyl groups is 1. The SMILES string of the molecule is CC(=O)N1CCc2cc(C(=O)[C@H](C)OC(=O)c3cccc(C)c3O)ccc21. The number of esters is 1. The summed E-state index contributed by atoms with van der Waals surface area (Å²) in [6.07, 6.45) is -0.317. The number of ether oxygens (including phenoxy) is 1. The number of fused-ring (bicyclic) bond motifs is 1. The molecule has 0 aliphatic carbocycles. The minimum absolute atomic E-state index is 0.0284. The van der Waals surface area contributed by atoms with Crippen LogP contribution in [0.5, 0.6) is 5.75 Å². The van der Waals surface area contributed by atoms with Gasteiger partial charge in [0.2, 0.25) is 11.7 Å². The number of phenols is 1. The van der Waals surface area contributed by atoms with Gasteiger partial charge in [-0.25, -0.2) is 4.79 Å². The van der Waals surface area contributed by atoms with Gasteiger partial charge in [0.15, 0.2) is 6.10 Å². The number of hydrogen-bond acceptors (Lipinski definition) is 5. The van der Waals surface area contributed by atoms with E-state index >= 15 is 0 Å². The fourth-order valence-corrected chi connectivity index (χ4v) is 3.22. The Labute approximate surface area is 157 Å². The van der Waals surface area contributed by atoms with Crippen molar-refractivity contribution in [3.8, 4) is 5.75 Å². The predicted octanol–water partition coefficient (Wildman–Crippen LogP) is 3.04. The second kappa shape index (κ2) is 7.23. The van der Waals surface area contributed by atoms with Gasteiger partial charge in [-0.15, -0.1) is 0 Å². The van der Waals surface area contributed by atoms with E-state index < -0.39 is 12.1 Å². The molecule has 1 N–H and O–H groups in total. The zero-order valence-corrected chi connectivity index (χ0v) is 15.5. The van der Waals surface area contributed by atoms with Crippen molar-refractivity contribution in [2.75, 3.05) is 11.4 Å². The van der Waals surface area contributed by atoms with E-state index in [4.69, 9.17) is 4.74 Å². The minimum atomic E-state index is -0.999. The Balaban J connectivity index is 1.75. The molecule has 6 nitrogen and oxygen atoms in total. The Bertz CT molecular complexity index is 934. The summed E-state index contributed by atoms with van der Waals surface area (Å²) in [5.41, 5.74) is 2.74. The number of carbonyl (C=O) groups excluding carboxylic acids is 3. The molecule has 1 amide bonds. The van der Waals surface area contributed by atoms with Crippen molar-refractivity contribution < 1.29 is 24.2 Å². The number of phenolic OH excluding ortho intramolecular Hbond substituents is 1. The number of rotatable bonds is 4. The Morgan fingerprint density at radius 2 is 1.93 bits per heavy atom. The topological polar surface area (TPSA) is 83.9 Å². The van der Waals surface area contributed by atoms with E-state index in [1.54, 1.807) is 42.2 Å². The molecule has 0 saturated heterocycles. The molecule has 3 rings (SSSR count). The molecule has 0 spiro atoms. The van der Waals surface area contributed by atoms with Crippen LogP contribution in [0.25, 0.3) is 0 Å². The van der Waals surface area contributed by atoms with Gasteiger partial charge in [-0.3, -0.25) is 9.59 Å². The van der Waals surface area contributed by atoms with Crippen molar-refractivity contribution in [1.29, 1.82) is 0 Å². The number of aryl methyl sites for hydroxylation is 1. The molecule has 1 heterocycles. The highest BCUT2D eigenvalue weighted by atomic mass is 16.5. The molecule has 6 heteroatoms. The van der Waals surface area contributed by atoms with Gasteiger partial charge in [-0.05, 0) is 55.7 Å². The minimum Gasteiger partial charge on any atom is -0.507 e. The van der Waals surface area contributed by atoms with Crippen molar-refractivity contribution in [3.05, 3.63) is 58.7 Å². The van der Waals surface area contributed by atoms with Gasteiger partial charge in [-0.1, -0.05) is 12.1 Å². The molecule has 27 heavy (non-hydrogen) atoms. The zero-order chi connectivity index (χ0) is 19.7. The molecule has 140 valence electrons. The molecule has 2 aromatic carbocycles. The lowest BCUT2D eigenvalue weighted by Gasteiger charge is -2.16. The summed E-state index contributed by atoms with van der Waals surface area (Å²) in [7, 11) is 0. The highest BCUT2D eigenvalue weighted by Crippen LogP contribution is 2.29. The summed E-state index contributed by atoms with van der Waals surface area (Å²) in [5, 5.41) is 9.99. The number of amides is 1. The van der Waals surface area contributed by atoms with Gasteiger partial charge in [-0.2, -0.15) is 0 Å². The van der Waals surface area contributed by atoms with Gasteiger partial charge in [0.05, 0.1) is 0 Å². The first-order valence-electron chi connectivity index (χ1n) is 8.74. The van der Waals surface area contributed by atoms with Crippen LogP contribution in [0.4, 0.5) is 5.69 Å². The lowest BCUT2D eigenvalue weighted by molar-refractivity contribution is -0.116. The Kier molecular flexibility index (Phi) is 4.99. The smallest absolute Gasteiger partial charge is 0.342 e. The highest BCUT2D eigenvalue weighted by molar-refractivity contribution is 6.03. The van der Waals surface area contributed by atoms with Crippen molar-refractivity contribution in [1.82, 2.24) is 0 Å². The maximum Gasteiger partial charge on any atom is 0.342 e. The summed E-state index contributed by atoms with van der Waals surface area (Å²) < 4.78 is 5.25. The second-order valence-electron chi connectivity index (χ2n) is 6.65. The molecule has 1 aliphatic rings. The number of ketones is 1. The largest absolute Gasteiger partial charge is 0.507 e. The van der Waals surface area contributed by atoms with E-state index in [1.165, 1.54) is 19.9 Å². The van der Waals surface area contributed by atoms with Crippen molar-refractivity contribution >= 4 is 23.3 Å². The maximum atomic E-state index is 12.7. The zero-order valence-electron chi connectivity index (χ0n) is 15.5. The van der Waals surface area contributed by atoms with E-state index in [2.05, 4.69) is 0 Å². The molecular weight excluding hydrogens is 346 g/mol. The Morgan fingerprint density at radius 1 is 1.19 bits per heavy atom. The number of anilines is 1. The molecule has 0 fully saturated rings. The molecule has 0 aromatic heterocycles. The van der Waals surface area contributed by atoms with E-state index in [1.807, 2.05) is 0 Å². The fourth-order valence-electron chi connectivity index (χ4n) is 3.22. The molecule has 2 aromatic rings. The number of Topliss-reactive ketones (excluding diaryl/α,β-unsaturated/α-hetero) is 1. The summed E-state index contributed by atoms with van der Waals surface area (Å²) in [4.78, 5) is 38.2. The van der Waals surface area contributed by atoms with Crippen molar-refractivity contribution in [2.24, 2.45) is 0 Å². The van der Waals surface area contributed by atoms with Crippen LogP contribution < -0.4 is 4.90 Å². The van der Waals surface area contributed by atoms with E-state index in [-0.39, 0.29) is 23.0 Å². The molecule has 0 saturated carbocycles. The van der Waals surface area contributed by atoms with Crippen LogP contribution in [0.15, 0.2) is 36.4 Å². The summed E-state index contributed by atoms with van der Waals surface area (Å²) >= 11 is 0. The molecule has 1 atom stereocenters. The van der Waals surface area contributed by atoms with Crippen LogP contribution in [0.1, 0.15) is 45.7 Å². The van der Waals surface area contributed by atoms with Crippen LogP contribution >= 0.6 is 0 Å². The predicted molar refractivity (Wildman–Crippen MR) is 100 cm³/mol. The molecular formula is C21H21NO5. The molecule has 1 aliphatic heterocycles. The van der Waals surface area contributed by atoms with Crippen molar-refractivity contribution in [3.63, 3.8) is 0 Å². The van der Waals surface area contributed by atoms with Crippen molar-refractivity contribution in [2.45, 2.75) is 33.3 Å². The lowest BCUT2D eigenvalue weighted by Crippen LogP contribution is -2.26. The first-order chi connectivity index (χ1) is 12.8. The summed E-state index contributed by atoms with van der Waals surface area (Å²) in [6, 6.07) is 9.90. The van der Waals surface area contributed by atoms with Crippen LogP contribution in [0.2, 0.25) is 0 Å². The highest BCUT2D eigenvalue weighted by Gasteiger charge is 2.26. The van der Waals surface area contributed by atoms with Crippen LogP contribution in [0, 0.1) is 6.92 Å². The normalized spacial score (nSPS) is 13.8. The first-order valence-corrected chi connectivity index (χ1v) is 8.74. The van der Waals surface area contributed by atoms with Gasteiger partial charge in [0, 0.05) is 24.7 Å². The second-order valence-corrected chi connectivity index (χ2v) is 6.65. The summed E-state index contributed by atoms with van der Waals surface area (Å²) in [5.74, 6) is -1.27. The third-order valence-corrected chi connectivity index (χ3v) is 4.75. The lowest BCUT2D eigenvalue weighted by atomic mass is 10.0. The average molecular weight is 367 g/mol. The quantitative estimate of drug-likeness (QED) is 0.663. The van der Waals surface area contributed by atoms with Crippen LogP contribution in [0.3, 0.4) is 0 Å². The summed E-state index contributed by atoms with van der Waals surface area (Å²) in [6.45, 7) is 5.29. The Hall–Kier alpha value is -3.15. The van der Waals surface area contributed by atoms with Gasteiger partial charge >= 0.3 is 5.97 Å². The molecule has 0 radical (unpaired) electrons. The van der Waals surface area contributed by atoms with Crippen LogP contribution in [-0.4, -0.2) is 35.4 Å². The molecule has 0 unspecified atom stereocenters. The van der Waals surface area contributed by atoms with Gasteiger partial charge in [0.1, 0.15) is 11.3 Å². The number of benzene rings is 2. The molecule has 0 bridgehead atoms. The fraction of sp³-hybridized carbons (Fsp3) is 0.286. The number of carbonyl (C=O) groups is 3. The Morgan fingerprint density at radius 3 is 2.63 bits per heavy atom. The first kappa shape index (κ1) is 18.6. The van der Waals surface area contributed by atoms with E-state index in [9.17, 15) is 19.5 Å². The third kappa shape index (κ3) is 3.56. The standard InChI is InChI=1S/C21H21NO5/c1-12-5-4-6-17(19(12)24)21(26)27-13(2)20(25)16-7-8-18-15(11-16)9-10-22(18)14(3)23/h4-8,11,13,24H,9-10H2,1-3H3/t13-/m0/s1. The maximum absolute atomic E-state index is 12.7. The third-order valence-electron chi connectivity index (χ3n) is 4.75. The van der Waals surface area contributed by atoms with Gasteiger partial charge < -0.3 is 14.7 Å². The number of para-hydroxylation sites is 1. The van der Waals surface area contributed by atoms with E-state index in [0.29, 0.717) is 24.1 Å². The van der Waals surface area contributed by atoms with Gasteiger partial charge in [0.25, 0.3) is 0 Å². The monoisotopic (exact) mass is 367 g/mol. The average Bonchev–Trinajstić information content (AvgIpc) is 3.06. The van der Waals surface area contributed by atoms with E-state index in [0.717, 1.165) is 11.3 Å². The van der Waals surface area contributed by atoms with Crippen LogP contribution in [-0.2, 0) is 16.0 Å². The number of nitrogens with zero attached hydrogens (tertiary/aromatic N) is 1. The number of hydrogen-bond donors (Lipinski definition) is 1.